The van der Waals surface area contributed by atoms with Crippen molar-refractivity contribution in [1.29, 1.82) is 0 Å². The molecule has 0 radical (unpaired) electrons. The van der Waals surface area contributed by atoms with Crippen LogP contribution in [0.3, 0.4) is 0 Å². The van der Waals surface area contributed by atoms with Crippen LogP contribution in [0.2, 0.25) is 0 Å². The van der Waals surface area contributed by atoms with Crippen molar-refractivity contribution in [3.05, 3.63) is 87.5 Å². The zero-order valence-electron chi connectivity index (χ0n) is 16.1. The lowest BCUT2D eigenvalue weighted by Gasteiger charge is -2.13. The fraction of sp³-hybridized carbons (Fsp3) is 0.130. The van der Waals surface area contributed by atoms with Gasteiger partial charge >= 0.3 is 0 Å². The predicted molar refractivity (Wildman–Crippen MR) is 129 cm³/mol. The maximum absolute atomic E-state index is 12.4. The molecule has 0 aliphatic heterocycles. The van der Waals surface area contributed by atoms with Gasteiger partial charge in [0.15, 0.2) is 0 Å². The second-order valence-corrected chi connectivity index (χ2v) is 9.26. The highest BCUT2D eigenvalue weighted by atomic mass is 127. The fourth-order valence-electron chi connectivity index (χ4n) is 2.64. The summed E-state index contributed by atoms with van der Waals surface area (Å²) in [5, 5.41) is 5.58. The summed E-state index contributed by atoms with van der Waals surface area (Å²) >= 11 is 3.70. The van der Waals surface area contributed by atoms with E-state index >= 15 is 0 Å². The third kappa shape index (κ3) is 6.33. The van der Waals surface area contributed by atoms with Crippen molar-refractivity contribution >= 4 is 57.5 Å². The lowest BCUT2D eigenvalue weighted by atomic mass is 10.1. The van der Waals surface area contributed by atoms with E-state index in [0.717, 1.165) is 25.4 Å². The Morgan fingerprint density at radius 2 is 1.52 bits per heavy atom. The van der Waals surface area contributed by atoms with Crippen molar-refractivity contribution in [2.75, 3.05) is 10.6 Å². The Morgan fingerprint density at radius 3 is 2.17 bits per heavy atom. The van der Waals surface area contributed by atoms with Crippen LogP contribution in [0.4, 0.5) is 11.4 Å². The molecule has 0 saturated heterocycles. The standard InChI is InChI=1S/C23H21IN2O2S/c1-15-4-3-5-17(14-15)23(28)26-20-10-12-21(13-11-20)29-16(2)22(27)25-19-8-6-18(24)7-9-19/h3-14,16H,1-2H3,(H,25,27)(H,26,28). The minimum absolute atomic E-state index is 0.0481. The second kappa shape index (κ2) is 9.93. The number of carbonyl (C=O) groups excluding carboxylic acids is 2. The third-order valence-electron chi connectivity index (χ3n) is 4.19. The van der Waals surface area contributed by atoms with Crippen molar-refractivity contribution in [1.82, 2.24) is 0 Å². The highest BCUT2D eigenvalue weighted by Gasteiger charge is 2.15. The molecule has 0 aromatic heterocycles. The zero-order valence-corrected chi connectivity index (χ0v) is 19.1. The van der Waals surface area contributed by atoms with Crippen LogP contribution >= 0.6 is 34.4 Å². The van der Waals surface area contributed by atoms with E-state index in [1.807, 2.05) is 80.6 Å². The molecule has 0 heterocycles. The molecule has 0 aliphatic rings. The highest BCUT2D eigenvalue weighted by molar-refractivity contribution is 14.1. The molecule has 0 spiro atoms. The van der Waals surface area contributed by atoms with E-state index < -0.39 is 0 Å². The summed E-state index contributed by atoms with van der Waals surface area (Å²) < 4.78 is 1.12. The third-order valence-corrected chi connectivity index (χ3v) is 6.02. The van der Waals surface area contributed by atoms with E-state index in [1.54, 1.807) is 6.07 Å². The van der Waals surface area contributed by atoms with Crippen LogP contribution in [0.1, 0.15) is 22.8 Å². The summed E-state index contributed by atoms with van der Waals surface area (Å²) in [6.45, 7) is 3.83. The quantitative estimate of drug-likeness (QED) is 0.314. The molecule has 3 aromatic rings. The van der Waals surface area contributed by atoms with Gasteiger partial charge in [-0.25, -0.2) is 0 Å². The molecule has 3 rings (SSSR count). The molecule has 148 valence electrons. The summed E-state index contributed by atoms with van der Waals surface area (Å²) in [5.74, 6) is -0.188. The van der Waals surface area contributed by atoms with E-state index in [0.29, 0.717) is 5.56 Å². The highest BCUT2D eigenvalue weighted by Crippen LogP contribution is 2.26. The van der Waals surface area contributed by atoms with Gasteiger partial charge in [-0.05, 0) is 97.1 Å². The van der Waals surface area contributed by atoms with Crippen LogP contribution in [0.5, 0.6) is 0 Å². The first-order valence-corrected chi connectivity index (χ1v) is 11.1. The monoisotopic (exact) mass is 516 g/mol. The summed E-state index contributed by atoms with van der Waals surface area (Å²) in [5.41, 5.74) is 3.18. The van der Waals surface area contributed by atoms with E-state index in [4.69, 9.17) is 0 Å². The maximum Gasteiger partial charge on any atom is 0.255 e. The normalized spacial score (nSPS) is 11.6. The number of benzene rings is 3. The van der Waals surface area contributed by atoms with Gasteiger partial charge in [-0.2, -0.15) is 0 Å². The Labute approximate surface area is 188 Å². The van der Waals surface area contributed by atoms with Gasteiger partial charge in [0, 0.05) is 25.4 Å². The fourth-order valence-corrected chi connectivity index (χ4v) is 3.87. The molecule has 0 saturated carbocycles. The minimum Gasteiger partial charge on any atom is -0.325 e. The molecular formula is C23H21IN2O2S. The van der Waals surface area contributed by atoms with Crippen molar-refractivity contribution in [2.45, 2.75) is 24.0 Å². The lowest BCUT2D eigenvalue weighted by molar-refractivity contribution is -0.115. The van der Waals surface area contributed by atoms with Gasteiger partial charge in [0.1, 0.15) is 0 Å². The van der Waals surface area contributed by atoms with Gasteiger partial charge in [0.05, 0.1) is 5.25 Å². The Hall–Kier alpha value is -2.32. The number of rotatable bonds is 6. The zero-order chi connectivity index (χ0) is 20.8. The molecule has 0 aliphatic carbocycles. The number of aryl methyl sites for hydroxylation is 1. The van der Waals surface area contributed by atoms with Gasteiger partial charge in [0.25, 0.3) is 5.91 Å². The van der Waals surface area contributed by atoms with E-state index in [9.17, 15) is 9.59 Å². The number of carbonyl (C=O) groups is 2. The molecule has 1 atom stereocenters. The predicted octanol–water partition coefficient (Wildman–Crippen LogP) is 5.97. The van der Waals surface area contributed by atoms with Crippen molar-refractivity contribution in [3.8, 4) is 0 Å². The van der Waals surface area contributed by atoms with Crippen LogP contribution < -0.4 is 10.6 Å². The maximum atomic E-state index is 12.4. The van der Waals surface area contributed by atoms with E-state index in [-0.39, 0.29) is 17.1 Å². The van der Waals surface area contributed by atoms with Crippen LogP contribution in [0.25, 0.3) is 0 Å². The number of amides is 2. The lowest BCUT2D eigenvalue weighted by Crippen LogP contribution is -2.22. The van der Waals surface area contributed by atoms with Gasteiger partial charge < -0.3 is 10.6 Å². The average molecular weight is 516 g/mol. The summed E-state index contributed by atoms with van der Waals surface area (Å²) in [4.78, 5) is 25.7. The van der Waals surface area contributed by atoms with Crippen molar-refractivity contribution in [3.63, 3.8) is 0 Å². The Balaban J connectivity index is 1.56. The SMILES string of the molecule is Cc1cccc(C(=O)Nc2ccc(SC(C)C(=O)Nc3ccc(I)cc3)cc2)c1. The number of anilines is 2. The molecule has 0 fully saturated rings. The molecule has 4 nitrogen and oxygen atoms in total. The van der Waals surface area contributed by atoms with Gasteiger partial charge in [-0.3, -0.25) is 9.59 Å². The molecule has 0 bridgehead atoms. The molecule has 6 heteroatoms. The van der Waals surface area contributed by atoms with Crippen molar-refractivity contribution < 1.29 is 9.59 Å². The largest absolute Gasteiger partial charge is 0.325 e. The first-order valence-electron chi connectivity index (χ1n) is 9.12. The summed E-state index contributed by atoms with van der Waals surface area (Å²) in [6.07, 6.45) is 0. The van der Waals surface area contributed by atoms with Gasteiger partial charge in [0.2, 0.25) is 5.91 Å². The molecular weight excluding hydrogens is 495 g/mol. The number of hydrogen-bond acceptors (Lipinski definition) is 3. The minimum atomic E-state index is -0.248. The van der Waals surface area contributed by atoms with Crippen LogP contribution in [-0.2, 0) is 4.79 Å². The number of thioether (sulfide) groups is 1. The van der Waals surface area contributed by atoms with Gasteiger partial charge in [-0.1, -0.05) is 17.7 Å². The summed E-state index contributed by atoms with van der Waals surface area (Å²) in [6, 6.07) is 22.7. The topological polar surface area (TPSA) is 58.2 Å². The van der Waals surface area contributed by atoms with Crippen LogP contribution in [0, 0.1) is 10.5 Å². The number of nitrogens with one attached hydrogen (secondary N) is 2. The van der Waals surface area contributed by atoms with Gasteiger partial charge in [-0.15, -0.1) is 11.8 Å². The molecule has 2 N–H and O–H groups in total. The Kier molecular flexibility index (Phi) is 7.33. The van der Waals surface area contributed by atoms with Crippen LogP contribution in [-0.4, -0.2) is 17.1 Å². The molecule has 2 amide bonds. The average Bonchev–Trinajstić information content (AvgIpc) is 2.71. The van der Waals surface area contributed by atoms with Crippen LogP contribution in [0.15, 0.2) is 77.7 Å². The van der Waals surface area contributed by atoms with Crippen molar-refractivity contribution in [2.24, 2.45) is 0 Å². The summed E-state index contributed by atoms with van der Waals surface area (Å²) in [7, 11) is 0. The Bertz CT molecular complexity index is 1000. The molecule has 1 unspecified atom stereocenters. The second-order valence-electron chi connectivity index (χ2n) is 6.60. The first kappa shape index (κ1) is 21.4. The molecule has 3 aromatic carbocycles. The Morgan fingerprint density at radius 1 is 0.897 bits per heavy atom. The van der Waals surface area contributed by atoms with E-state index in [1.165, 1.54) is 11.8 Å². The number of halogens is 1. The molecule has 29 heavy (non-hydrogen) atoms. The smallest absolute Gasteiger partial charge is 0.255 e. The van der Waals surface area contributed by atoms with E-state index in [2.05, 4.69) is 33.2 Å². The number of hydrogen-bond donors (Lipinski definition) is 2. The first-order chi connectivity index (χ1) is 13.9.